The number of imidazole rings is 1. The maximum atomic E-state index is 13.6. The van der Waals surface area contributed by atoms with E-state index in [4.69, 9.17) is 12.2 Å². The molecule has 1 heterocycles. The largest absolute Gasteiger partial charge is 0.328 e. The fraction of sp³-hybridized carbons (Fsp3) is 0.500. The molecule has 0 spiro atoms. The quantitative estimate of drug-likeness (QED) is 0.814. The number of aryl methyl sites for hydroxylation is 1. The van der Waals surface area contributed by atoms with E-state index < -0.39 is 0 Å². The summed E-state index contributed by atoms with van der Waals surface area (Å²) in [6.45, 7) is 0.896. The van der Waals surface area contributed by atoms with Gasteiger partial charge < -0.3 is 9.55 Å². The van der Waals surface area contributed by atoms with Crippen molar-refractivity contribution >= 4 is 23.3 Å². The number of benzene rings is 1. The van der Waals surface area contributed by atoms with Crippen molar-refractivity contribution in [3.8, 4) is 0 Å². The van der Waals surface area contributed by atoms with Crippen LogP contribution in [0.3, 0.4) is 0 Å². The molecule has 0 radical (unpaired) electrons. The molecule has 1 fully saturated rings. The smallest absolute Gasteiger partial charge is 0.178 e. The minimum Gasteiger partial charge on any atom is -0.328 e. The molecule has 1 aromatic carbocycles. The maximum Gasteiger partial charge on any atom is 0.178 e. The lowest BCUT2D eigenvalue weighted by molar-refractivity contribution is 0.461. The zero-order valence-corrected chi connectivity index (χ0v) is 11.1. The molecule has 1 N–H and O–H groups in total. The number of nitrogens with one attached hydrogen (secondary N) is 1. The minimum absolute atomic E-state index is 0.224. The van der Waals surface area contributed by atoms with Crippen molar-refractivity contribution in [3.05, 3.63) is 28.8 Å². The molecule has 3 rings (SSSR count). The Bertz CT molecular complexity index is 608. The van der Waals surface area contributed by atoms with Gasteiger partial charge in [0.25, 0.3) is 0 Å². The summed E-state index contributed by atoms with van der Waals surface area (Å²) < 4.78 is 16.3. The predicted molar refractivity (Wildman–Crippen MR) is 73.7 cm³/mol. The summed E-state index contributed by atoms with van der Waals surface area (Å²) in [5, 5.41) is 0. The SMILES string of the molecule is Fc1cccc2c1[nH]c(=S)n2CCC1CCCC1. The van der Waals surface area contributed by atoms with Crippen LogP contribution >= 0.6 is 12.2 Å². The van der Waals surface area contributed by atoms with E-state index in [1.54, 1.807) is 6.07 Å². The van der Waals surface area contributed by atoms with Crippen LogP contribution in [0.4, 0.5) is 4.39 Å². The van der Waals surface area contributed by atoms with Crippen LogP contribution in [0, 0.1) is 16.5 Å². The number of aromatic nitrogens is 2. The predicted octanol–water partition coefficient (Wildman–Crippen LogP) is 4.42. The summed E-state index contributed by atoms with van der Waals surface area (Å²) in [5.74, 6) is 0.601. The van der Waals surface area contributed by atoms with Gasteiger partial charge in [0.05, 0.1) is 5.52 Å². The van der Waals surface area contributed by atoms with Crippen LogP contribution in [-0.4, -0.2) is 9.55 Å². The normalized spacial score (nSPS) is 16.7. The molecule has 0 aliphatic heterocycles. The third-order valence-electron chi connectivity index (χ3n) is 4.00. The van der Waals surface area contributed by atoms with Crippen LogP contribution in [0.15, 0.2) is 18.2 Å². The highest BCUT2D eigenvalue weighted by molar-refractivity contribution is 7.71. The van der Waals surface area contributed by atoms with Crippen molar-refractivity contribution in [2.45, 2.75) is 38.6 Å². The number of halogens is 1. The van der Waals surface area contributed by atoms with Crippen molar-refractivity contribution in [2.24, 2.45) is 5.92 Å². The van der Waals surface area contributed by atoms with E-state index in [2.05, 4.69) is 4.98 Å². The molecule has 1 aliphatic rings. The molecular weight excluding hydrogens is 247 g/mol. The first-order valence-corrected chi connectivity index (χ1v) is 7.03. The molecule has 2 aromatic rings. The van der Waals surface area contributed by atoms with Crippen LogP contribution in [-0.2, 0) is 6.54 Å². The Labute approximate surface area is 111 Å². The fourth-order valence-electron chi connectivity index (χ4n) is 2.98. The molecule has 0 atom stereocenters. The Hall–Kier alpha value is -1.16. The van der Waals surface area contributed by atoms with Gasteiger partial charge in [0.15, 0.2) is 4.77 Å². The van der Waals surface area contributed by atoms with Gasteiger partial charge in [0.1, 0.15) is 11.3 Å². The molecule has 1 aliphatic carbocycles. The van der Waals surface area contributed by atoms with Gasteiger partial charge in [-0.1, -0.05) is 31.7 Å². The van der Waals surface area contributed by atoms with Gasteiger partial charge in [0, 0.05) is 6.54 Å². The molecule has 4 heteroatoms. The standard InChI is InChI=1S/C14H17FN2S/c15-11-6-3-7-12-13(11)16-14(18)17(12)9-8-10-4-1-2-5-10/h3,6-7,10H,1-2,4-5,8-9H2,(H,16,18). The molecule has 18 heavy (non-hydrogen) atoms. The second-order valence-corrected chi connectivity index (χ2v) is 5.54. The van der Waals surface area contributed by atoms with Crippen LogP contribution in [0.25, 0.3) is 11.0 Å². The zero-order chi connectivity index (χ0) is 12.5. The van der Waals surface area contributed by atoms with Crippen molar-refractivity contribution in [3.63, 3.8) is 0 Å². The third kappa shape index (κ3) is 2.09. The number of para-hydroxylation sites is 1. The Kier molecular flexibility index (Phi) is 3.20. The van der Waals surface area contributed by atoms with Gasteiger partial charge in [0.2, 0.25) is 0 Å². The van der Waals surface area contributed by atoms with E-state index >= 15 is 0 Å². The average Bonchev–Trinajstić information content (AvgIpc) is 2.95. The molecule has 0 amide bonds. The maximum absolute atomic E-state index is 13.6. The Morgan fingerprint density at radius 1 is 1.33 bits per heavy atom. The van der Waals surface area contributed by atoms with E-state index in [0.29, 0.717) is 10.3 Å². The lowest BCUT2D eigenvalue weighted by atomic mass is 10.0. The molecule has 0 bridgehead atoms. The van der Waals surface area contributed by atoms with Crippen LogP contribution in [0.2, 0.25) is 0 Å². The van der Waals surface area contributed by atoms with Gasteiger partial charge in [-0.05, 0) is 36.7 Å². The minimum atomic E-state index is -0.224. The van der Waals surface area contributed by atoms with Crippen molar-refractivity contribution in [2.75, 3.05) is 0 Å². The molecule has 1 saturated carbocycles. The summed E-state index contributed by atoms with van der Waals surface area (Å²) in [7, 11) is 0. The average molecular weight is 264 g/mol. The van der Waals surface area contributed by atoms with E-state index in [1.807, 2.05) is 10.6 Å². The Morgan fingerprint density at radius 3 is 2.89 bits per heavy atom. The summed E-state index contributed by atoms with van der Waals surface area (Å²) in [6.07, 6.45) is 6.54. The molecule has 96 valence electrons. The molecule has 1 aromatic heterocycles. The highest BCUT2D eigenvalue weighted by Crippen LogP contribution is 2.28. The van der Waals surface area contributed by atoms with E-state index in [-0.39, 0.29) is 5.82 Å². The van der Waals surface area contributed by atoms with E-state index in [1.165, 1.54) is 31.7 Å². The highest BCUT2D eigenvalue weighted by Gasteiger charge is 2.16. The zero-order valence-electron chi connectivity index (χ0n) is 10.3. The summed E-state index contributed by atoms with van der Waals surface area (Å²) in [6, 6.07) is 5.14. The topological polar surface area (TPSA) is 20.7 Å². The van der Waals surface area contributed by atoms with Crippen LogP contribution < -0.4 is 0 Å². The second-order valence-electron chi connectivity index (χ2n) is 5.15. The molecule has 0 unspecified atom stereocenters. The van der Waals surface area contributed by atoms with Crippen LogP contribution in [0.1, 0.15) is 32.1 Å². The first-order valence-electron chi connectivity index (χ1n) is 6.63. The van der Waals surface area contributed by atoms with Gasteiger partial charge in [-0.2, -0.15) is 0 Å². The highest BCUT2D eigenvalue weighted by atomic mass is 32.1. The van der Waals surface area contributed by atoms with E-state index in [9.17, 15) is 4.39 Å². The number of nitrogens with zero attached hydrogens (tertiary/aromatic N) is 1. The number of hydrogen-bond donors (Lipinski definition) is 1. The van der Waals surface area contributed by atoms with Crippen molar-refractivity contribution < 1.29 is 4.39 Å². The molecular formula is C14H17FN2S. The number of fused-ring (bicyclic) bond motifs is 1. The molecule has 0 saturated heterocycles. The number of H-pyrrole nitrogens is 1. The van der Waals surface area contributed by atoms with E-state index in [0.717, 1.165) is 24.4 Å². The summed E-state index contributed by atoms with van der Waals surface area (Å²) >= 11 is 5.29. The van der Waals surface area contributed by atoms with Crippen molar-refractivity contribution in [1.82, 2.24) is 9.55 Å². The van der Waals surface area contributed by atoms with Gasteiger partial charge in [-0.15, -0.1) is 0 Å². The van der Waals surface area contributed by atoms with Gasteiger partial charge >= 0.3 is 0 Å². The lowest BCUT2D eigenvalue weighted by Crippen LogP contribution is -2.03. The Morgan fingerprint density at radius 2 is 2.11 bits per heavy atom. The van der Waals surface area contributed by atoms with Gasteiger partial charge in [-0.3, -0.25) is 0 Å². The number of aromatic amines is 1. The lowest BCUT2D eigenvalue weighted by Gasteiger charge is -2.10. The fourth-order valence-corrected chi connectivity index (χ4v) is 3.27. The second kappa shape index (κ2) is 4.84. The van der Waals surface area contributed by atoms with Crippen molar-refractivity contribution in [1.29, 1.82) is 0 Å². The first-order chi connectivity index (χ1) is 8.75. The van der Waals surface area contributed by atoms with Gasteiger partial charge in [-0.25, -0.2) is 4.39 Å². The third-order valence-corrected chi connectivity index (χ3v) is 4.32. The molecule has 2 nitrogen and oxygen atoms in total. The van der Waals surface area contributed by atoms with Crippen LogP contribution in [0.5, 0.6) is 0 Å². The summed E-state index contributed by atoms with van der Waals surface area (Å²) in [4.78, 5) is 2.97. The number of hydrogen-bond acceptors (Lipinski definition) is 1. The number of rotatable bonds is 3. The summed E-state index contributed by atoms with van der Waals surface area (Å²) in [5.41, 5.74) is 1.42. The monoisotopic (exact) mass is 264 g/mol. The first kappa shape index (κ1) is 11.9. The Balaban J connectivity index is 1.89.